The van der Waals surface area contributed by atoms with Crippen LogP contribution >= 0.6 is 0 Å². The summed E-state index contributed by atoms with van der Waals surface area (Å²) in [6, 6.07) is 6.65. The smallest absolute Gasteiger partial charge is 0.348 e. The lowest BCUT2D eigenvalue weighted by Gasteiger charge is -2.04. The second-order valence-corrected chi connectivity index (χ2v) is 3.47. The number of benzene rings is 1. The van der Waals surface area contributed by atoms with Crippen LogP contribution in [0.4, 0.5) is 10.5 Å². The second kappa shape index (κ2) is 5.20. The van der Waals surface area contributed by atoms with Crippen LogP contribution in [0.3, 0.4) is 0 Å². The van der Waals surface area contributed by atoms with E-state index in [0.717, 1.165) is 18.8 Å². The fourth-order valence-electron chi connectivity index (χ4n) is 1.43. The zero-order valence-electron chi connectivity index (χ0n) is 9.49. The number of nitrogens with one attached hydrogen (secondary N) is 3. The van der Waals surface area contributed by atoms with Gasteiger partial charge in [0.2, 0.25) is 5.96 Å². The molecule has 0 radical (unpaired) electrons. The maximum atomic E-state index is 11.5. The Morgan fingerprint density at radius 3 is 2.53 bits per heavy atom. The van der Waals surface area contributed by atoms with Crippen molar-refractivity contribution in [2.45, 2.75) is 0 Å². The number of amides is 2. The number of hydrogen-bond acceptors (Lipinski definition) is 2. The molecule has 0 saturated carbocycles. The first-order chi connectivity index (χ1) is 8.28. The van der Waals surface area contributed by atoms with E-state index in [1.165, 1.54) is 0 Å². The van der Waals surface area contributed by atoms with Gasteiger partial charge in [-0.3, -0.25) is 0 Å². The Kier molecular flexibility index (Phi) is 3.44. The molecule has 1 aliphatic rings. The highest BCUT2D eigenvalue weighted by atomic mass is 16.5. The molecule has 90 valence electrons. The minimum Gasteiger partial charge on any atom is -0.497 e. The van der Waals surface area contributed by atoms with Gasteiger partial charge in [0, 0.05) is 18.8 Å². The molecule has 0 atom stereocenters. The molecule has 1 fully saturated rings. The third-order valence-electron chi connectivity index (χ3n) is 2.26. The zero-order valence-corrected chi connectivity index (χ0v) is 9.49. The molecule has 2 rings (SSSR count). The van der Waals surface area contributed by atoms with Gasteiger partial charge in [-0.25, -0.2) is 4.79 Å². The van der Waals surface area contributed by atoms with Gasteiger partial charge in [-0.05, 0) is 24.3 Å². The van der Waals surface area contributed by atoms with Gasteiger partial charge in [0.1, 0.15) is 5.75 Å². The Hall–Kier alpha value is -2.24. The van der Waals surface area contributed by atoms with Crippen molar-refractivity contribution in [1.29, 1.82) is 0 Å². The summed E-state index contributed by atoms with van der Waals surface area (Å²) in [5, 5.41) is 8.56. The third-order valence-corrected chi connectivity index (χ3v) is 2.26. The Morgan fingerprint density at radius 1 is 1.29 bits per heavy atom. The summed E-state index contributed by atoms with van der Waals surface area (Å²) >= 11 is 0. The highest BCUT2D eigenvalue weighted by Gasteiger charge is 2.08. The molecule has 1 aromatic rings. The van der Waals surface area contributed by atoms with Gasteiger partial charge in [-0.1, -0.05) is 0 Å². The summed E-state index contributed by atoms with van der Waals surface area (Å²) in [7, 11) is 1.59. The van der Waals surface area contributed by atoms with E-state index in [4.69, 9.17) is 4.74 Å². The quantitative estimate of drug-likeness (QED) is 0.706. The first-order valence-electron chi connectivity index (χ1n) is 5.29. The topological polar surface area (TPSA) is 74.8 Å². The zero-order chi connectivity index (χ0) is 12.1. The van der Waals surface area contributed by atoms with Crippen molar-refractivity contribution >= 4 is 17.7 Å². The molecule has 1 heterocycles. The molecule has 0 bridgehead atoms. The van der Waals surface area contributed by atoms with Gasteiger partial charge in [0.25, 0.3) is 0 Å². The van der Waals surface area contributed by atoms with Crippen LogP contribution in [0, 0.1) is 0 Å². The largest absolute Gasteiger partial charge is 0.497 e. The van der Waals surface area contributed by atoms with E-state index in [0.29, 0.717) is 11.6 Å². The molecular formula is C11H14N4O2. The first kappa shape index (κ1) is 11.3. The first-order valence-corrected chi connectivity index (χ1v) is 5.29. The lowest BCUT2D eigenvalue weighted by molar-refractivity contribution is 0.259. The number of nitrogens with zero attached hydrogens (tertiary/aromatic N) is 1. The normalized spacial score (nSPS) is 13.6. The monoisotopic (exact) mass is 234 g/mol. The maximum Gasteiger partial charge on any atom is 0.348 e. The van der Waals surface area contributed by atoms with E-state index >= 15 is 0 Å². The number of methoxy groups -OCH3 is 1. The Bertz CT molecular complexity index is 420. The average molecular weight is 234 g/mol. The van der Waals surface area contributed by atoms with Gasteiger partial charge in [0.05, 0.1) is 7.11 Å². The number of carbonyl (C=O) groups is 1. The summed E-state index contributed by atoms with van der Waals surface area (Å²) in [5.74, 6) is 1.25. The molecule has 0 unspecified atom stereocenters. The van der Waals surface area contributed by atoms with Crippen LogP contribution in [0.25, 0.3) is 0 Å². The lowest BCUT2D eigenvalue weighted by Crippen LogP contribution is -2.26. The molecule has 6 nitrogen and oxygen atoms in total. The van der Waals surface area contributed by atoms with E-state index in [1.54, 1.807) is 31.4 Å². The fraction of sp³-hybridized carbons (Fsp3) is 0.273. The summed E-state index contributed by atoms with van der Waals surface area (Å²) < 4.78 is 5.02. The molecule has 0 aromatic heterocycles. The van der Waals surface area contributed by atoms with Crippen molar-refractivity contribution in [1.82, 2.24) is 10.6 Å². The van der Waals surface area contributed by atoms with Gasteiger partial charge in [0.15, 0.2) is 0 Å². The molecule has 1 aliphatic heterocycles. The number of urea groups is 1. The predicted octanol–water partition coefficient (Wildman–Crippen LogP) is 0.776. The second-order valence-electron chi connectivity index (χ2n) is 3.47. The standard InChI is InChI=1S/C11H14N4O2/c1-17-9-4-2-8(3-5-9)14-11(16)15-10-12-6-7-13-10/h2-5H,6-7H2,1H3,(H3,12,13,14,15,16). The fourth-order valence-corrected chi connectivity index (χ4v) is 1.43. The number of hydrogen-bond donors (Lipinski definition) is 3. The van der Waals surface area contributed by atoms with Crippen molar-refractivity contribution in [2.24, 2.45) is 4.99 Å². The average Bonchev–Trinajstić information content (AvgIpc) is 2.82. The predicted molar refractivity (Wildman–Crippen MR) is 65.5 cm³/mol. The van der Waals surface area contributed by atoms with Gasteiger partial charge < -0.3 is 20.7 Å². The molecule has 1 saturated heterocycles. The van der Waals surface area contributed by atoms with Crippen molar-refractivity contribution in [2.75, 3.05) is 25.5 Å². The van der Waals surface area contributed by atoms with E-state index < -0.39 is 6.03 Å². The van der Waals surface area contributed by atoms with E-state index in [1.807, 2.05) is 0 Å². The van der Waals surface area contributed by atoms with Crippen molar-refractivity contribution in [3.05, 3.63) is 24.3 Å². The van der Waals surface area contributed by atoms with Gasteiger partial charge in [-0.15, -0.1) is 0 Å². The highest BCUT2D eigenvalue weighted by Crippen LogP contribution is 2.14. The van der Waals surface area contributed by atoms with Crippen LogP contribution in [-0.2, 0) is 0 Å². The minimum absolute atomic E-state index is 0.410. The summed E-state index contributed by atoms with van der Waals surface area (Å²) in [4.78, 5) is 15.3. The van der Waals surface area contributed by atoms with Crippen LogP contribution in [0.2, 0.25) is 0 Å². The number of anilines is 1. The van der Waals surface area contributed by atoms with E-state index in [9.17, 15) is 4.79 Å². The lowest BCUT2D eigenvalue weighted by atomic mass is 10.3. The van der Waals surface area contributed by atoms with Crippen LogP contribution < -0.4 is 20.7 Å². The molecule has 1 aromatic carbocycles. The molecule has 6 heteroatoms. The maximum absolute atomic E-state index is 11.5. The van der Waals surface area contributed by atoms with Crippen molar-refractivity contribution in [3.8, 4) is 5.75 Å². The molecule has 3 N–H and O–H groups in total. The van der Waals surface area contributed by atoms with Crippen molar-refractivity contribution in [3.63, 3.8) is 0 Å². The summed E-state index contributed by atoms with van der Waals surface area (Å²) in [6.45, 7) is 1.57. The Balaban J connectivity index is 1.95. The highest BCUT2D eigenvalue weighted by molar-refractivity contribution is 5.99. The SMILES string of the molecule is COc1ccc(NC(=O)N=C2NCCN2)cc1. The van der Waals surface area contributed by atoms with Crippen LogP contribution in [0.5, 0.6) is 5.75 Å². The van der Waals surface area contributed by atoms with Crippen LogP contribution in [0.15, 0.2) is 29.3 Å². The summed E-state index contributed by atoms with van der Waals surface area (Å²) in [6.07, 6.45) is 0. The van der Waals surface area contributed by atoms with E-state index in [2.05, 4.69) is 20.9 Å². The minimum atomic E-state index is -0.410. The van der Waals surface area contributed by atoms with Crippen molar-refractivity contribution < 1.29 is 9.53 Å². The molecule has 0 spiro atoms. The third kappa shape index (κ3) is 3.10. The Morgan fingerprint density at radius 2 is 1.94 bits per heavy atom. The number of rotatable bonds is 2. The molecular weight excluding hydrogens is 220 g/mol. The Labute approximate surface area is 99.1 Å². The molecule has 0 aliphatic carbocycles. The van der Waals surface area contributed by atoms with Gasteiger partial charge in [-0.2, -0.15) is 4.99 Å². The molecule has 2 amide bonds. The van der Waals surface area contributed by atoms with Gasteiger partial charge >= 0.3 is 6.03 Å². The number of aliphatic imine (C=N–C) groups is 1. The number of ether oxygens (including phenoxy) is 1. The van der Waals surface area contributed by atoms with Crippen LogP contribution in [-0.4, -0.2) is 32.2 Å². The van der Waals surface area contributed by atoms with Crippen LogP contribution in [0.1, 0.15) is 0 Å². The molecule has 17 heavy (non-hydrogen) atoms. The van der Waals surface area contributed by atoms with E-state index in [-0.39, 0.29) is 0 Å². The number of guanidine groups is 1. The summed E-state index contributed by atoms with van der Waals surface area (Å²) in [5.41, 5.74) is 0.679. The number of carbonyl (C=O) groups excluding carboxylic acids is 1.